The highest BCUT2D eigenvalue weighted by atomic mass is 16.5. The molecule has 2 fully saturated rings. The lowest BCUT2D eigenvalue weighted by Gasteiger charge is -2.22. The maximum Gasteiger partial charge on any atom is 0.227 e. The summed E-state index contributed by atoms with van der Waals surface area (Å²) >= 11 is 0. The van der Waals surface area contributed by atoms with Gasteiger partial charge in [-0.2, -0.15) is 0 Å². The van der Waals surface area contributed by atoms with Crippen molar-refractivity contribution in [2.45, 2.75) is 45.3 Å². The molecule has 124 valence electrons. The van der Waals surface area contributed by atoms with E-state index < -0.39 is 0 Å². The fraction of sp³-hybridized carbons (Fsp3) is 0.556. The van der Waals surface area contributed by atoms with Gasteiger partial charge in [0.15, 0.2) is 0 Å². The quantitative estimate of drug-likeness (QED) is 0.924. The van der Waals surface area contributed by atoms with Gasteiger partial charge in [-0.15, -0.1) is 0 Å². The number of benzene rings is 1. The van der Waals surface area contributed by atoms with Gasteiger partial charge >= 0.3 is 0 Å². The van der Waals surface area contributed by atoms with Crippen LogP contribution in [0, 0.1) is 12.8 Å². The molecule has 0 radical (unpaired) electrons. The lowest BCUT2D eigenvalue weighted by atomic mass is 10.1. The Morgan fingerprint density at radius 1 is 1.35 bits per heavy atom. The van der Waals surface area contributed by atoms with E-state index in [4.69, 9.17) is 4.74 Å². The lowest BCUT2D eigenvalue weighted by Crippen LogP contribution is -2.44. The molecule has 1 N–H and O–H groups in total. The van der Waals surface area contributed by atoms with E-state index in [1.807, 2.05) is 38.1 Å². The van der Waals surface area contributed by atoms with E-state index in [0.717, 1.165) is 30.7 Å². The third-order valence-corrected chi connectivity index (χ3v) is 4.73. The zero-order chi connectivity index (χ0) is 16.4. The predicted molar refractivity (Wildman–Crippen MR) is 88.2 cm³/mol. The molecule has 3 rings (SSSR count). The molecule has 23 heavy (non-hydrogen) atoms. The van der Waals surface area contributed by atoms with Crippen molar-refractivity contribution < 1.29 is 14.3 Å². The number of ether oxygens (including phenoxy) is 1. The first kappa shape index (κ1) is 16.0. The van der Waals surface area contributed by atoms with Gasteiger partial charge in [0.2, 0.25) is 11.8 Å². The number of carbonyl (C=O) groups is 2. The lowest BCUT2D eigenvalue weighted by molar-refractivity contribution is -0.127. The van der Waals surface area contributed by atoms with Crippen LogP contribution >= 0.6 is 0 Å². The summed E-state index contributed by atoms with van der Waals surface area (Å²) in [5, 5.41) is 3.02. The predicted octanol–water partition coefficient (Wildman–Crippen LogP) is 2.03. The summed E-state index contributed by atoms with van der Waals surface area (Å²) in [6.45, 7) is 5.21. The molecule has 0 saturated carbocycles. The van der Waals surface area contributed by atoms with E-state index in [-0.39, 0.29) is 36.3 Å². The normalized spacial score (nSPS) is 25.7. The molecule has 1 aromatic carbocycles. The number of hydrogen-bond acceptors (Lipinski definition) is 3. The smallest absolute Gasteiger partial charge is 0.227 e. The van der Waals surface area contributed by atoms with Crippen LogP contribution in [-0.2, 0) is 14.3 Å². The van der Waals surface area contributed by atoms with Crippen LogP contribution in [0.4, 0.5) is 5.69 Å². The number of amides is 2. The Labute approximate surface area is 137 Å². The van der Waals surface area contributed by atoms with Crippen LogP contribution in [0.15, 0.2) is 24.3 Å². The molecule has 2 heterocycles. The van der Waals surface area contributed by atoms with Crippen molar-refractivity contribution in [1.29, 1.82) is 0 Å². The highest BCUT2D eigenvalue weighted by molar-refractivity contribution is 6.00. The number of anilines is 1. The zero-order valence-electron chi connectivity index (χ0n) is 13.7. The number of nitrogens with zero attached hydrogens (tertiary/aromatic N) is 1. The molecule has 2 amide bonds. The SMILES string of the molecule is Cc1ccc(N2CC(C(=O)NC(C)C3CCCO3)CC2=O)cc1. The Morgan fingerprint density at radius 2 is 2.09 bits per heavy atom. The number of rotatable bonds is 4. The monoisotopic (exact) mass is 316 g/mol. The summed E-state index contributed by atoms with van der Waals surface area (Å²) in [6.07, 6.45) is 2.41. The van der Waals surface area contributed by atoms with Crippen molar-refractivity contribution in [1.82, 2.24) is 5.32 Å². The standard InChI is InChI=1S/C18H24N2O3/c1-12-5-7-15(8-6-12)20-11-14(10-17(20)21)18(22)19-13(2)16-4-3-9-23-16/h5-8,13-14,16H,3-4,9-11H2,1-2H3,(H,19,22). The van der Waals surface area contributed by atoms with Crippen LogP contribution in [0.3, 0.4) is 0 Å². The molecular formula is C18H24N2O3. The Morgan fingerprint density at radius 3 is 2.74 bits per heavy atom. The van der Waals surface area contributed by atoms with Gasteiger partial charge < -0.3 is 15.0 Å². The highest BCUT2D eigenvalue weighted by Gasteiger charge is 2.36. The third-order valence-electron chi connectivity index (χ3n) is 4.73. The number of hydrogen-bond donors (Lipinski definition) is 1. The summed E-state index contributed by atoms with van der Waals surface area (Å²) in [5.74, 6) is -0.317. The van der Waals surface area contributed by atoms with Gasteiger partial charge in [-0.05, 0) is 38.8 Å². The summed E-state index contributed by atoms with van der Waals surface area (Å²) in [5.41, 5.74) is 2.02. The van der Waals surface area contributed by atoms with Gasteiger partial charge in [-0.1, -0.05) is 17.7 Å². The Balaban J connectivity index is 1.60. The van der Waals surface area contributed by atoms with Gasteiger partial charge in [0.1, 0.15) is 0 Å². The topological polar surface area (TPSA) is 58.6 Å². The van der Waals surface area contributed by atoms with Crippen LogP contribution in [0.2, 0.25) is 0 Å². The van der Waals surface area contributed by atoms with Gasteiger partial charge in [0.25, 0.3) is 0 Å². The summed E-state index contributed by atoms with van der Waals surface area (Å²) in [7, 11) is 0. The van der Waals surface area contributed by atoms with E-state index in [1.54, 1.807) is 4.90 Å². The molecule has 0 aliphatic carbocycles. The minimum Gasteiger partial charge on any atom is -0.376 e. The van der Waals surface area contributed by atoms with E-state index in [1.165, 1.54) is 0 Å². The molecule has 5 nitrogen and oxygen atoms in total. The van der Waals surface area contributed by atoms with Crippen molar-refractivity contribution in [2.24, 2.45) is 5.92 Å². The number of nitrogens with one attached hydrogen (secondary N) is 1. The van der Waals surface area contributed by atoms with Crippen molar-refractivity contribution >= 4 is 17.5 Å². The molecule has 0 spiro atoms. The van der Waals surface area contributed by atoms with E-state index in [0.29, 0.717) is 6.54 Å². The minimum absolute atomic E-state index is 0.00599. The van der Waals surface area contributed by atoms with Crippen LogP contribution in [0.5, 0.6) is 0 Å². The molecule has 3 unspecified atom stereocenters. The van der Waals surface area contributed by atoms with Crippen LogP contribution in [0.25, 0.3) is 0 Å². The van der Waals surface area contributed by atoms with Gasteiger partial charge in [-0.3, -0.25) is 9.59 Å². The third kappa shape index (κ3) is 3.55. The first-order valence-corrected chi connectivity index (χ1v) is 8.33. The first-order valence-electron chi connectivity index (χ1n) is 8.33. The number of carbonyl (C=O) groups excluding carboxylic acids is 2. The average molecular weight is 316 g/mol. The maximum absolute atomic E-state index is 12.4. The second kappa shape index (κ2) is 6.71. The minimum atomic E-state index is -0.285. The molecule has 3 atom stereocenters. The number of aryl methyl sites for hydroxylation is 1. The average Bonchev–Trinajstić information content (AvgIpc) is 3.17. The first-order chi connectivity index (χ1) is 11.0. The molecule has 2 aliphatic heterocycles. The van der Waals surface area contributed by atoms with Crippen LogP contribution in [0.1, 0.15) is 31.7 Å². The van der Waals surface area contributed by atoms with Crippen LogP contribution in [-0.4, -0.2) is 37.1 Å². The van der Waals surface area contributed by atoms with Gasteiger partial charge in [0, 0.05) is 25.3 Å². The van der Waals surface area contributed by atoms with Crippen LogP contribution < -0.4 is 10.2 Å². The fourth-order valence-electron chi connectivity index (χ4n) is 3.29. The summed E-state index contributed by atoms with van der Waals surface area (Å²) in [6, 6.07) is 7.82. The Hall–Kier alpha value is -1.88. The van der Waals surface area contributed by atoms with Crippen molar-refractivity contribution in [3.8, 4) is 0 Å². The molecule has 0 aromatic heterocycles. The molecule has 2 aliphatic rings. The molecule has 1 aromatic rings. The van der Waals surface area contributed by atoms with Crippen molar-refractivity contribution in [2.75, 3.05) is 18.1 Å². The Bertz CT molecular complexity index is 578. The molecule has 0 bridgehead atoms. The highest BCUT2D eigenvalue weighted by Crippen LogP contribution is 2.26. The van der Waals surface area contributed by atoms with E-state index >= 15 is 0 Å². The summed E-state index contributed by atoms with van der Waals surface area (Å²) < 4.78 is 5.61. The van der Waals surface area contributed by atoms with Gasteiger partial charge in [-0.25, -0.2) is 0 Å². The second-order valence-corrected chi connectivity index (χ2v) is 6.59. The van der Waals surface area contributed by atoms with E-state index in [2.05, 4.69) is 5.32 Å². The molecular weight excluding hydrogens is 292 g/mol. The summed E-state index contributed by atoms with van der Waals surface area (Å²) in [4.78, 5) is 26.4. The largest absolute Gasteiger partial charge is 0.376 e. The Kier molecular flexibility index (Phi) is 4.66. The van der Waals surface area contributed by atoms with Crippen molar-refractivity contribution in [3.05, 3.63) is 29.8 Å². The zero-order valence-corrected chi connectivity index (χ0v) is 13.7. The second-order valence-electron chi connectivity index (χ2n) is 6.59. The molecule has 2 saturated heterocycles. The van der Waals surface area contributed by atoms with Crippen molar-refractivity contribution in [3.63, 3.8) is 0 Å². The van der Waals surface area contributed by atoms with Gasteiger partial charge in [0.05, 0.1) is 18.1 Å². The fourth-order valence-corrected chi connectivity index (χ4v) is 3.29. The molecule has 5 heteroatoms. The maximum atomic E-state index is 12.4. The van der Waals surface area contributed by atoms with E-state index in [9.17, 15) is 9.59 Å².